The summed E-state index contributed by atoms with van der Waals surface area (Å²) in [5.74, 6) is -0.0456. The summed E-state index contributed by atoms with van der Waals surface area (Å²) in [5.41, 5.74) is 2.71. The van der Waals surface area contributed by atoms with Gasteiger partial charge in [0, 0.05) is 17.3 Å². The summed E-state index contributed by atoms with van der Waals surface area (Å²) in [6, 6.07) is 13.7. The highest BCUT2D eigenvalue weighted by Gasteiger charge is 2.14. The normalized spacial score (nSPS) is 10.5. The van der Waals surface area contributed by atoms with Crippen LogP contribution in [0.5, 0.6) is 0 Å². The Balaban J connectivity index is 1.88. The zero-order valence-electron chi connectivity index (χ0n) is 11.7. The Labute approximate surface area is 127 Å². The SMILES string of the molecule is Cc1cccc(C(=O)NCc2cccs2)c1-n1cccc1. The smallest absolute Gasteiger partial charge is 0.253 e. The molecule has 0 bridgehead atoms. The number of benzene rings is 1. The molecule has 3 rings (SSSR count). The summed E-state index contributed by atoms with van der Waals surface area (Å²) in [5, 5.41) is 5.00. The quantitative estimate of drug-likeness (QED) is 0.781. The number of thiophene rings is 1. The third-order valence-electron chi connectivity index (χ3n) is 3.35. The van der Waals surface area contributed by atoms with E-state index in [1.165, 1.54) is 0 Å². The standard InChI is InChI=1S/C17H16N2OS/c1-13-6-4-8-15(16(13)19-9-2-3-10-19)17(20)18-12-14-7-5-11-21-14/h2-11H,12H2,1H3,(H,18,20). The Morgan fingerprint density at radius 2 is 1.95 bits per heavy atom. The summed E-state index contributed by atoms with van der Waals surface area (Å²) in [6.07, 6.45) is 3.91. The van der Waals surface area contributed by atoms with Gasteiger partial charge in [0.05, 0.1) is 17.8 Å². The van der Waals surface area contributed by atoms with E-state index in [1.54, 1.807) is 11.3 Å². The molecule has 1 amide bonds. The summed E-state index contributed by atoms with van der Waals surface area (Å²) < 4.78 is 1.98. The lowest BCUT2D eigenvalue weighted by atomic mass is 10.1. The molecule has 3 nitrogen and oxygen atoms in total. The first-order valence-electron chi connectivity index (χ1n) is 6.79. The van der Waals surface area contributed by atoms with Crippen molar-refractivity contribution >= 4 is 17.2 Å². The van der Waals surface area contributed by atoms with E-state index in [9.17, 15) is 4.79 Å². The number of hydrogen-bond acceptors (Lipinski definition) is 2. The summed E-state index contributed by atoms with van der Waals surface area (Å²) in [4.78, 5) is 13.6. The van der Waals surface area contributed by atoms with Gasteiger partial charge in [-0.3, -0.25) is 4.79 Å². The molecule has 0 saturated heterocycles. The minimum absolute atomic E-state index is 0.0456. The lowest BCUT2D eigenvalue weighted by molar-refractivity contribution is 0.0951. The van der Waals surface area contributed by atoms with Gasteiger partial charge in [0.25, 0.3) is 5.91 Å². The Morgan fingerprint density at radius 3 is 2.67 bits per heavy atom. The van der Waals surface area contributed by atoms with Crippen LogP contribution in [-0.4, -0.2) is 10.5 Å². The fourth-order valence-electron chi connectivity index (χ4n) is 2.34. The predicted molar refractivity (Wildman–Crippen MR) is 86.0 cm³/mol. The number of amides is 1. The summed E-state index contributed by atoms with van der Waals surface area (Å²) >= 11 is 1.65. The van der Waals surface area contributed by atoms with Crippen molar-refractivity contribution < 1.29 is 4.79 Å². The van der Waals surface area contributed by atoms with Crippen LogP contribution in [0.3, 0.4) is 0 Å². The molecule has 0 aliphatic rings. The first kappa shape index (κ1) is 13.6. The summed E-state index contributed by atoms with van der Waals surface area (Å²) in [7, 11) is 0. The van der Waals surface area contributed by atoms with Crippen molar-refractivity contribution in [3.8, 4) is 5.69 Å². The third-order valence-corrected chi connectivity index (χ3v) is 4.22. The van der Waals surface area contributed by atoms with Crippen molar-refractivity contribution in [2.45, 2.75) is 13.5 Å². The van der Waals surface area contributed by atoms with Crippen LogP contribution in [0.15, 0.2) is 60.2 Å². The molecule has 21 heavy (non-hydrogen) atoms. The number of nitrogens with zero attached hydrogens (tertiary/aromatic N) is 1. The molecule has 4 heteroatoms. The zero-order chi connectivity index (χ0) is 14.7. The van der Waals surface area contributed by atoms with E-state index in [2.05, 4.69) is 5.32 Å². The molecule has 106 valence electrons. The Hall–Kier alpha value is -2.33. The minimum Gasteiger partial charge on any atom is -0.347 e. The number of para-hydroxylation sites is 1. The van der Waals surface area contributed by atoms with Gasteiger partial charge in [-0.15, -0.1) is 11.3 Å². The number of carbonyl (C=O) groups excluding carboxylic acids is 1. The number of carbonyl (C=O) groups is 1. The van der Waals surface area contributed by atoms with E-state index in [0.29, 0.717) is 12.1 Å². The van der Waals surface area contributed by atoms with Crippen LogP contribution >= 0.6 is 11.3 Å². The van der Waals surface area contributed by atoms with Crippen LogP contribution in [0.25, 0.3) is 5.69 Å². The summed E-state index contributed by atoms with van der Waals surface area (Å²) in [6.45, 7) is 2.58. The van der Waals surface area contributed by atoms with Gasteiger partial charge in [-0.1, -0.05) is 18.2 Å². The van der Waals surface area contributed by atoms with Crippen LogP contribution in [0.1, 0.15) is 20.8 Å². The minimum atomic E-state index is -0.0456. The molecule has 1 aromatic carbocycles. The lowest BCUT2D eigenvalue weighted by Crippen LogP contribution is -2.24. The van der Waals surface area contributed by atoms with Gasteiger partial charge < -0.3 is 9.88 Å². The second kappa shape index (κ2) is 5.97. The molecule has 3 aromatic rings. The maximum atomic E-state index is 12.5. The van der Waals surface area contributed by atoms with Crippen LogP contribution in [0.2, 0.25) is 0 Å². The Bertz CT molecular complexity index is 730. The lowest BCUT2D eigenvalue weighted by Gasteiger charge is -2.13. The number of nitrogens with one attached hydrogen (secondary N) is 1. The van der Waals surface area contributed by atoms with Gasteiger partial charge >= 0.3 is 0 Å². The van der Waals surface area contributed by atoms with E-state index in [-0.39, 0.29) is 5.91 Å². The molecule has 0 atom stereocenters. The molecule has 0 radical (unpaired) electrons. The van der Waals surface area contributed by atoms with Crippen molar-refractivity contribution in [1.29, 1.82) is 0 Å². The average Bonchev–Trinajstić information content (AvgIpc) is 3.17. The molecular formula is C17H16N2OS. The van der Waals surface area contributed by atoms with Crippen LogP contribution < -0.4 is 5.32 Å². The second-order valence-corrected chi connectivity index (χ2v) is 5.86. The maximum Gasteiger partial charge on any atom is 0.253 e. The number of aryl methyl sites for hydroxylation is 1. The van der Waals surface area contributed by atoms with Crippen molar-refractivity contribution in [3.63, 3.8) is 0 Å². The molecule has 0 spiro atoms. The number of hydrogen-bond donors (Lipinski definition) is 1. The topological polar surface area (TPSA) is 34.0 Å². The van der Waals surface area contributed by atoms with E-state index in [4.69, 9.17) is 0 Å². The second-order valence-electron chi connectivity index (χ2n) is 4.82. The van der Waals surface area contributed by atoms with Gasteiger partial charge in [0.15, 0.2) is 0 Å². The fourth-order valence-corrected chi connectivity index (χ4v) is 2.99. The molecule has 1 N–H and O–H groups in total. The number of aromatic nitrogens is 1. The molecular weight excluding hydrogens is 280 g/mol. The highest BCUT2D eigenvalue weighted by atomic mass is 32.1. The molecule has 0 saturated carbocycles. The van der Waals surface area contributed by atoms with E-state index >= 15 is 0 Å². The monoisotopic (exact) mass is 296 g/mol. The van der Waals surface area contributed by atoms with E-state index in [1.807, 2.05) is 71.7 Å². The van der Waals surface area contributed by atoms with E-state index in [0.717, 1.165) is 16.1 Å². The van der Waals surface area contributed by atoms with Crippen molar-refractivity contribution in [2.75, 3.05) is 0 Å². The first-order valence-corrected chi connectivity index (χ1v) is 7.67. The maximum absolute atomic E-state index is 12.5. The van der Waals surface area contributed by atoms with E-state index < -0.39 is 0 Å². The third kappa shape index (κ3) is 2.90. The predicted octanol–water partition coefficient (Wildman–Crippen LogP) is 3.78. The van der Waals surface area contributed by atoms with Gasteiger partial charge in [-0.05, 0) is 42.1 Å². The van der Waals surface area contributed by atoms with Crippen molar-refractivity contribution in [1.82, 2.24) is 9.88 Å². The average molecular weight is 296 g/mol. The van der Waals surface area contributed by atoms with Crippen LogP contribution in [0.4, 0.5) is 0 Å². The molecule has 2 heterocycles. The van der Waals surface area contributed by atoms with Gasteiger partial charge in [-0.2, -0.15) is 0 Å². The zero-order valence-corrected chi connectivity index (χ0v) is 12.6. The molecule has 0 aliphatic carbocycles. The fraction of sp³-hybridized carbons (Fsp3) is 0.118. The van der Waals surface area contributed by atoms with Crippen LogP contribution in [0, 0.1) is 6.92 Å². The van der Waals surface area contributed by atoms with Gasteiger partial charge in [-0.25, -0.2) is 0 Å². The van der Waals surface area contributed by atoms with Gasteiger partial charge in [0.1, 0.15) is 0 Å². The highest BCUT2D eigenvalue weighted by Crippen LogP contribution is 2.20. The molecule has 2 aromatic heterocycles. The highest BCUT2D eigenvalue weighted by molar-refractivity contribution is 7.09. The molecule has 0 aliphatic heterocycles. The van der Waals surface area contributed by atoms with Crippen molar-refractivity contribution in [3.05, 3.63) is 76.2 Å². The van der Waals surface area contributed by atoms with Gasteiger partial charge in [0.2, 0.25) is 0 Å². The Kier molecular flexibility index (Phi) is 3.88. The van der Waals surface area contributed by atoms with Crippen molar-refractivity contribution in [2.24, 2.45) is 0 Å². The first-order chi connectivity index (χ1) is 10.3. The molecule has 0 unspecified atom stereocenters. The number of rotatable bonds is 4. The Morgan fingerprint density at radius 1 is 1.14 bits per heavy atom. The molecule has 0 fully saturated rings. The van der Waals surface area contributed by atoms with Crippen LogP contribution in [-0.2, 0) is 6.54 Å². The largest absolute Gasteiger partial charge is 0.347 e.